The summed E-state index contributed by atoms with van der Waals surface area (Å²) in [5.74, 6) is 1.94. The maximum atomic E-state index is 5.65. The van der Waals surface area contributed by atoms with Crippen LogP contribution in [0.4, 0.5) is 0 Å². The van der Waals surface area contributed by atoms with Crippen molar-refractivity contribution in [1.82, 2.24) is 5.32 Å². The van der Waals surface area contributed by atoms with Gasteiger partial charge in [0, 0.05) is 0 Å². The van der Waals surface area contributed by atoms with Gasteiger partial charge in [0.2, 0.25) is 0 Å². The Bertz CT molecular complexity index is 417. The SMILES string of the molecule is CCNC(Cc1ccoc1)c1ccc(C)o1. The van der Waals surface area contributed by atoms with Crippen LogP contribution in [-0.4, -0.2) is 6.54 Å². The van der Waals surface area contributed by atoms with Gasteiger partial charge in [-0.15, -0.1) is 0 Å². The van der Waals surface area contributed by atoms with E-state index in [9.17, 15) is 0 Å². The summed E-state index contributed by atoms with van der Waals surface area (Å²) in [7, 11) is 0. The summed E-state index contributed by atoms with van der Waals surface area (Å²) in [4.78, 5) is 0. The van der Waals surface area contributed by atoms with Crippen LogP contribution in [0.15, 0.2) is 39.6 Å². The molecule has 0 aromatic carbocycles. The largest absolute Gasteiger partial charge is 0.472 e. The molecule has 3 nitrogen and oxygen atoms in total. The molecule has 0 aliphatic heterocycles. The van der Waals surface area contributed by atoms with Crippen molar-refractivity contribution >= 4 is 0 Å². The number of rotatable bonds is 5. The minimum Gasteiger partial charge on any atom is -0.472 e. The summed E-state index contributed by atoms with van der Waals surface area (Å²) in [6.07, 6.45) is 4.36. The fourth-order valence-electron chi connectivity index (χ4n) is 1.80. The standard InChI is InChI=1S/C13H17NO2/c1-3-14-12(8-11-6-7-15-9-11)13-5-4-10(2)16-13/h4-7,9,12,14H,3,8H2,1-2H3. The summed E-state index contributed by atoms with van der Waals surface area (Å²) in [5, 5.41) is 3.42. The first kappa shape index (κ1) is 11.0. The highest BCUT2D eigenvalue weighted by atomic mass is 16.3. The molecule has 0 spiro atoms. The fourth-order valence-corrected chi connectivity index (χ4v) is 1.80. The van der Waals surface area contributed by atoms with Gasteiger partial charge < -0.3 is 14.2 Å². The van der Waals surface area contributed by atoms with E-state index in [4.69, 9.17) is 8.83 Å². The number of furan rings is 2. The van der Waals surface area contributed by atoms with Gasteiger partial charge in [-0.1, -0.05) is 6.92 Å². The Morgan fingerprint density at radius 1 is 1.31 bits per heavy atom. The van der Waals surface area contributed by atoms with Gasteiger partial charge in [-0.2, -0.15) is 0 Å². The summed E-state index contributed by atoms with van der Waals surface area (Å²) in [5.41, 5.74) is 1.18. The molecule has 2 heterocycles. The van der Waals surface area contributed by atoms with Crippen molar-refractivity contribution in [3.63, 3.8) is 0 Å². The molecule has 0 saturated heterocycles. The van der Waals surface area contributed by atoms with Crippen molar-refractivity contribution in [2.45, 2.75) is 26.3 Å². The Labute approximate surface area is 95.5 Å². The maximum Gasteiger partial charge on any atom is 0.121 e. The molecule has 1 unspecified atom stereocenters. The van der Waals surface area contributed by atoms with E-state index in [-0.39, 0.29) is 6.04 Å². The molecular formula is C13H17NO2. The third-order valence-electron chi connectivity index (χ3n) is 2.58. The molecule has 1 N–H and O–H groups in total. The Kier molecular flexibility index (Phi) is 3.47. The van der Waals surface area contributed by atoms with Gasteiger partial charge in [0.25, 0.3) is 0 Å². The average molecular weight is 219 g/mol. The molecule has 86 valence electrons. The van der Waals surface area contributed by atoms with Crippen LogP contribution in [0.2, 0.25) is 0 Å². The minimum atomic E-state index is 0.219. The van der Waals surface area contributed by atoms with Crippen LogP contribution in [0.1, 0.15) is 30.0 Å². The lowest BCUT2D eigenvalue weighted by molar-refractivity contribution is 0.402. The van der Waals surface area contributed by atoms with Crippen molar-refractivity contribution in [1.29, 1.82) is 0 Å². The predicted molar refractivity (Wildman–Crippen MR) is 62.3 cm³/mol. The van der Waals surface area contributed by atoms with Crippen molar-refractivity contribution in [2.75, 3.05) is 6.54 Å². The molecule has 1 atom stereocenters. The highest BCUT2D eigenvalue weighted by Gasteiger charge is 2.15. The lowest BCUT2D eigenvalue weighted by Gasteiger charge is -2.14. The molecule has 3 heteroatoms. The Hall–Kier alpha value is -1.48. The maximum absolute atomic E-state index is 5.65. The molecule has 0 aliphatic carbocycles. The zero-order valence-electron chi connectivity index (χ0n) is 9.69. The summed E-state index contributed by atoms with van der Waals surface area (Å²) < 4.78 is 10.7. The molecule has 0 radical (unpaired) electrons. The minimum absolute atomic E-state index is 0.219. The van der Waals surface area contributed by atoms with Crippen LogP contribution >= 0.6 is 0 Å². The van der Waals surface area contributed by atoms with Gasteiger partial charge in [0.1, 0.15) is 11.5 Å². The van der Waals surface area contributed by atoms with E-state index < -0.39 is 0 Å². The molecule has 0 amide bonds. The highest BCUT2D eigenvalue weighted by Crippen LogP contribution is 2.20. The van der Waals surface area contributed by atoms with Gasteiger partial charge >= 0.3 is 0 Å². The van der Waals surface area contributed by atoms with Gasteiger partial charge in [-0.25, -0.2) is 0 Å². The number of hydrogen-bond acceptors (Lipinski definition) is 3. The molecular weight excluding hydrogens is 202 g/mol. The second-order valence-electron chi connectivity index (χ2n) is 3.89. The van der Waals surface area contributed by atoms with E-state index in [0.29, 0.717) is 0 Å². The van der Waals surface area contributed by atoms with E-state index in [1.165, 1.54) is 5.56 Å². The van der Waals surface area contributed by atoms with Crippen LogP contribution in [0, 0.1) is 6.92 Å². The number of aryl methyl sites for hydroxylation is 1. The smallest absolute Gasteiger partial charge is 0.121 e. The van der Waals surface area contributed by atoms with E-state index in [2.05, 4.69) is 12.2 Å². The quantitative estimate of drug-likeness (QED) is 0.839. The predicted octanol–water partition coefficient (Wildman–Crippen LogP) is 3.07. The van der Waals surface area contributed by atoms with Crippen LogP contribution in [0.5, 0.6) is 0 Å². The molecule has 2 aromatic heterocycles. The third kappa shape index (κ3) is 2.55. The third-order valence-corrected chi connectivity index (χ3v) is 2.58. The molecule has 0 bridgehead atoms. The Morgan fingerprint density at radius 2 is 2.19 bits per heavy atom. The number of nitrogens with one attached hydrogen (secondary N) is 1. The Morgan fingerprint density at radius 3 is 2.75 bits per heavy atom. The zero-order chi connectivity index (χ0) is 11.4. The molecule has 16 heavy (non-hydrogen) atoms. The van der Waals surface area contributed by atoms with Crippen molar-refractivity contribution < 1.29 is 8.83 Å². The molecule has 0 saturated carbocycles. The summed E-state index contributed by atoms with van der Waals surface area (Å²) in [6.45, 7) is 4.98. The summed E-state index contributed by atoms with van der Waals surface area (Å²) in [6, 6.07) is 6.23. The van der Waals surface area contributed by atoms with Gasteiger partial charge in [0.15, 0.2) is 0 Å². The van der Waals surface area contributed by atoms with Crippen LogP contribution in [0.3, 0.4) is 0 Å². The van der Waals surface area contributed by atoms with Gasteiger partial charge in [-0.05, 0) is 43.7 Å². The van der Waals surface area contributed by atoms with Crippen LogP contribution in [0.25, 0.3) is 0 Å². The normalized spacial score (nSPS) is 12.9. The molecule has 0 aliphatic rings. The number of hydrogen-bond donors (Lipinski definition) is 1. The second-order valence-corrected chi connectivity index (χ2v) is 3.89. The van der Waals surface area contributed by atoms with Gasteiger partial charge in [0.05, 0.1) is 18.6 Å². The van der Waals surface area contributed by atoms with Crippen molar-refractivity contribution in [2.24, 2.45) is 0 Å². The zero-order valence-corrected chi connectivity index (χ0v) is 9.69. The second kappa shape index (κ2) is 5.03. The van der Waals surface area contributed by atoms with E-state index in [0.717, 1.165) is 24.5 Å². The fraction of sp³-hybridized carbons (Fsp3) is 0.385. The first-order valence-corrected chi connectivity index (χ1v) is 5.60. The lowest BCUT2D eigenvalue weighted by Crippen LogP contribution is -2.22. The molecule has 2 aromatic rings. The lowest BCUT2D eigenvalue weighted by atomic mass is 10.1. The van der Waals surface area contributed by atoms with E-state index in [1.54, 1.807) is 12.5 Å². The van der Waals surface area contributed by atoms with E-state index in [1.807, 2.05) is 25.1 Å². The van der Waals surface area contributed by atoms with Crippen LogP contribution < -0.4 is 5.32 Å². The highest BCUT2D eigenvalue weighted by molar-refractivity contribution is 5.15. The topological polar surface area (TPSA) is 38.3 Å². The summed E-state index contributed by atoms with van der Waals surface area (Å²) >= 11 is 0. The Balaban J connectivity index is 2.11. The van der Waals surface area contributed by atoms with Gasteiger partial charge in [-0.3, -0.25) is 0 Å². The van der Waals surface area contributed by atoms with Crippen LogP contribution in [-0.2, 0) is 6.42 Å². The average Bonchev–Trinajstić information content (AvgIpc) is 2.88. The monoisotopic (exact) mass is 219 g/mol. The first-order valence-electron chi connectivity index (χ1n) is 5.60. The molecule has 0 fully saturated rings. The van der Waals surface area contributed by atoms with Crippen molar-refractivity contribution in [3.05, 3.63) is 47.8 Å². The van der Waals surface area contributed by atoms with Crippen molar-refractivity contribution in [3.8, 4) is 0 Å². The molecule has 2 rings (SSSR count). The first-order chi connectivity index (χ1) is 7.79. The number of likely N-dealkylation sites (N-methyl/N-ethyl adjacent to an activating group) is 1. The van der Waals surface area contributed by atoms with E-state index >= 15 is 0 Å².